The maximum absolute atomic E-state index is 11.9. The van der Waals surface area contributed by atoms with Gasteiger partial charge >= 0.3 is 12.0 Å². The Morgan fingerprint density at radius 2 is 1.86 bits per heavy atom. The van der Waals surface area contributed by atoms with E-state index in [1.807, 2.05) is 0 Å². The first kappa shape index (κ1) is 13.9. The molecule has 0 saturated heterocycles. The van der Waals surface area contributed by atoms with Crippen LogP contribution in [0.3, 0.4) is 0 Å². The van der Waals surface area contributed by atoms with Gasteiger partial charge in [-0.25, -0.2) is 9.59 Å². The van der Waals surface area contributed by atoms with Crippen molar-refractivity contribution in [1.29, 1.82) is 0 Å². The van der Waals surface area contributed by atoms with Crippen LogP contribution in [-0.4, -0.2) is 23.7 Å². The van der Waals surface area contributed by atoms with E-state index in [1.165, 1.54) is 37.8 Å². The molecule has 2 aliphatic carbocycles. The molecule has 3 N–H and O–H groups in total. The van der Waals surface area contributed by atoms with E-state index >= 15 is 0 Å². The highest BCUT2D eigenvalue weighted by molar-refractivity contribution is 5.93. The second kappa shape index (κ2) is 5.76. The molecule has 0 radical (unpaired) electrons. The summed E-state index contributed by atoms with van der Waals surface area (Å²) in [5, 5.41) is 14.6. The Morgan fingerprint density at radius 1 is 1.19 bits per heavy atom. The molecule has 0 heterocycles. The van der Waals surface area contributed by atoms with Gasteiger partial charge in [0.05, 0.1) is 5.56 Å². The Labute approximate surface area is 123 Å². The lowest BCUT2D eigenvalue weighted by Gasteiger charge is -2.16. The second-order valence-corrected chi connectivity index (χ2v) is 6.06. The van der Waals surface area contributed by atoms with E-state index in [0.29, 0.717) is 11.6 Å². The van der Waals surface area contributed by atoms with Gasteiger partial charge in [-0.15, -0.1) is 0 Å². The lowest BCUT2D eigenvalue weighted by atomic mass is 9.98. The summed E-state index contributed by atoms with van der Waals surface area (Å²) in [6, 6.07) is 6.01. The number of carbonyl (C=O) groups excluding carboxylic acids is 1. The van der Waals surface area contributed by atoms with Crippen LogP contribution >= 0.6 is 0 Å². The predicted molar refractivity (Wildman–Crippen MR) is 79.4 cm³/mol. The average molecular weight is 288 g/mol. The lowest BCUT2D eigenvalue weighted by molar-refractivity contribution is 0.0697. The molecule has 5 nitrogen and oxygen atoms in total. The minimum atomic E-state index is -0.999. The van der Waals surface area contributed by atoms with E-state index in [4.69, 9.17) is 5.11 Å². The summed E-state index contributed by atoms with van der Waals surface area (Å²) in [5.74, 6) is 1.23. The number of hydrogen-bond donors (Lipinski definition) is 3. The number of hydrogen-bond acceptors (Lipinski definition) is 2. The normalized spacial score (nSPS) is 17.6. The van der Waals surface area contributed by atoms with Crippen LogP contribution in [0.2, 0.25) is 0 Å². The van der Waals surface area contributed by atoms with Crippen molar-refractivity contribution in [3.63, 3.8) is 0 Å². The van der Waals surface area contributed by atoms with Gasteiger partial charge in [-0.05, 0) is 61.6 Å². The largest absolute Gasteiger partial charge is 0.478 e. The molecule has 0 aromatic heterocycles. The molecular weight excluding hydrogens is 268 g/mol. The molecule has 0 unspecified atom stereocenters. The summed E-state index contributed by atoms with van der Waals surface area (Å²) in [5.41, 5.74) is 0.670. The van der Waals surface area contributed by atoms with Crippen molar-refractivity contribution in [2.45, 2.75) is 25.7 Å². The van der Waals surface area contributed by atoms with Crippen LogP contribution in [-0.2, 0) is 0 Å². The number of carbonyl (C=O) groups is 2. The number of rotatable bonds is 6. The number of anilines is 1. The van der Waals surface area contributed by atoms with E-state index < -0.39 is 5.97 Å². The summed E-state index contributed by atoms with van der Waals surface area (Å²) < 4.78 is 0. The van der Waals surface area contributed by atoms with Crippen LogP contribution < -0.4 is 10.6 Å². The van der Waals surface area contributed by atoms with Crippen molar-refractivity contribution in [1.82, 2.24) is 5.32 Å². The lowest BCUT2D eigenvalue weighted by Crippen LogP contribution is -2.34. The van der Waals surface area contributed by atoms with Crippen molar-refractivity contribution >= 4 is 17.7 Å². The highest BCUT2D eigenvalue weighted by atomic mass is 16.4. The third-order valence-electron chi connectivity index (χ3n) is 4.32. The Balaban J connectivity index is 1.51. The molecule has 1 aromatic rings. The predicted octanol–water partition coefficient (Wildman–Crippen LogP) is 2.94. The third-order valence-corrected chi connectivity index (χ3v) is 4.32. The molecule has 0 aliphatic heterocycles. The molecule has 0 spiro atoms. The van der Waals surface area contributed by atoms with Crippen molar-refractivity contribution in [3.8, 4) is 0 Å². The van der Waals surface area contributed by atoms with Crippen LogP contribution in [0.4, 0.5) is 10.5 Å². The van der Waals surface area contributed by atoms with E-state index in [9.17, 15) is 9.59 Å². The Bertz CT molecular complexity index is 538. The van der Waals surface area contributed by atoms with Gasteiger partial charge in [-0.1, -0.05) is 6.07 Å². The number of carboxylic acid groups (broad SMARTS) is 1. The monoisotopic (exact) mass is 288 g/mol. The molecule has 2 fully saturated rings. The fraction of sp³-hybridized carbons (Fsp3) is 0.500. The maximum Gasteiger partial charge on any atom is 0.335 e. The summed E-state index contributed by atoms with van der Waals surface area (Å²) in [4.78, 5) is 22.8. The molecule has 0 bridgehead atoms. The van der Waals surface area contributed by atoms with Gasteiger partial charge in [-0.2, -0.15) is 0 Å². The van der Waals surface area contributed by atoms with Gasteiger partial charge in [0.1, 0.15) is 0 Å². The molecule has 3 rings (SSSR count). The minimum absolute atomic E-state index is 0.168. The van der Waals surface area contributed by atoms with Crippen molar-refractivity contribution in [3.05, 3.63) is 29.8 Å². The van der Waals surface area contributed by atoms with Gasteiger partial charge in [0, 0.05) is 12.2 Å². The number of amides is 2. The number of aromatic carboxylic acids is 1. The van der Waals surface area contributed by atoms with E-state index in [0.717, 1.165) is 18.4 Å². The molecule has 2 aliphatic rings. The quantitative estimate of drug-likeness (QED) is 0.753. The maximum atomic E-state index is 11.9. The van der Waals surface area contributed by atoms with Crippen molar-refractivity contribution < 1.29 is 14.7 Å². The second-order valence-electron chi connectivity index (χ2n) is 6.06. The van der Waals surface area contributed by atoms with Crippen molar-refractivity contribution in [2.24, 2.45) is 17.8 Å². The van der Waals surface area contributed by atoms with Gasteiger partial charge in [0.2, 0.25) is 0 Å². The number of benzene rings is 1. The summed E-state index contributed by atoms with van der Waals surface area (Å²) in [6.45, 7) is 0.722. The molecule has 1 aromatic carbocycles. The zero-order chi connectivity index (χ0) is 14.8. The molecule has 2 amide bonds. The molecular formula is C16H20N2O3. The SMILES string of the molecule is O=C(NCC(C1CC1)C1CC1)Nc1cccc(C(=O)O)c1. The molecule has 2 saturated carbocycles. The summed E-state index contributed by atoms with van der Waals surface area (Å²) in [7, 11) is 0. The summed E-state index contributed by atoms with van der Waals surface area (Å²) >= 11 is 0. The Hall–Kier alpha value is -2.04. The molecule has 21 heavy (non-hydrogen) atoms. The molecule has 112 valence electrons. The van der Waals surface area contributed by atoms with Crippen LogP contribution in [0, 0.1) is 17.8 Å². The topological polar surface area (TPSA) is 78.4 Å². The Morgan fingerprint density at radius 3 is 2.43 bits per heavy atom. The van der Waals surface area contributed by atoms with Crippen LogP contribution in [0.25, 0.3) is 0 Å². The number of nitrogens with one attached hydrogen (secondary N) is 2. The van der Waals surface area contributed by atoms with Gasteiger partial charge < -0.3 is 15.7 Å². The van der Waals surface area contributed by atoms with Crippen LogP contribution in [0.5, 0.6) is 0 Å². The molecule has 5 heteroatoms. The average Bonchev–Trinajstić information content (AvgIpc) is 3.33. The first-order valence-corrected chi connectivity index (χ1v) is 7.51. The standard InChI is InChI=1S/C16H20N2O3/c19-15(20)12-2-1-3-13(8-12)18-16(21)17-9-14(10-4-5-10)11-6-7-11/h1-3,8,10-11,14H,4-7,9H2,(H,19,20)(H2,17,18,21). The van der Waals surface area contributed by atoms with E-state index in [1.54, 1.807) is 12.1 Å². The highest BCUT2D eigenvalue weighted by Crippen LogP contribution is 2.48. The fourth-order valence-corrected chi connectivity index (χ4v) is 2.88. The Kier molecular flexibility index (Phi) is 3.82. The zero-order valence-electron chi connectivity index (χ0n) is 11.8. The number of urea groups is 1. The van der Waals surface area contributed by atoms with Crippen molar-refractivity contribution in [2.75, 3.05) is 11.9 Å². The first-order chi connectivity index (χ1) is 10.1. The smallest absolute Gasteiger partial charge is 0.335 e. The first-order valence-electron chi connectivity index (χ1n) is 7.51. The van der Waals surface area contributed by atoms with Crippen LogP contribution in [0.1, 0.15) is 36.0 Å². The zero-order valence-corrected chi connectivity index (χ0v) is 11.8. The van der Waals surface area contributed by atoms with E-state index in [2.05, 4.69) is 10.6 Å². The number of carboxylic acids is 1. The molecule has 0 atom stereocenters. The minimum Gasteiger partial charge on any atom is -0.478 e. The van der Waals surface area contributed by atoms with Gasteiger partial charge in [0.15, 0.2) is 0 Å². The van der Waals surface area contributed by atoms with Gasteiger partial charge in [0.25, 0.3) is 0 Å². The van der Waals surface area contributed by atoms with E-state index in [-0.39, 0.29) is 11.6 Å². The fourth-order valence-electron chi connectivity index (χ4n) is 2.88. The summed E-state index contributed by atoms with van der Waals surface area (Å²) in [6.07, 6.45) is 5.19. The third kappa shape index (κ3) is 3.74. The highest BCUT2D eigenvalue weighted by Gasteiger charge is 2.41. The van der Waals surface area contributed by atoms with Crippen LogP contribution in [0.15, 0.2) is 24.3 Å². The van der Waals surface area contributed by atoms with Gasteiger partial charge in [-0.3, -0.25) is 0 Å².